The fourth-order valence-electron chi connectivity index (χ4n) is 5.59. The van der Waals surface area contributed by atoms with Crippen LogP contribution in [0.4, 0.5) is 5.69 Å². The fourth-order valence-corrected chi connectivity index (χ4v) is 5.59. The van der Waals surface area contributed by atoms with Gasteiger partial charge in [-0.3, -0.25) is 14.2 Å². The van der Waals surface area contributed by atoms with Crippen molar-refractivity contribution in [2.24, 2.45) is 0 Å². The van der Waals surface area contributed by atoms with Crippen molar-refractivity contribution < 1.29 is 14.3 Å². The predicted molar refractivity (Wildman–Crippen MR) is 143 cm³/mol. The molecule has 0 bridgehead atoms. The van der Waals surface area contributed by atoms with Crippen molar-refractivity contribution in [1.29, 1.82) is 0 Å². The maximum atomic E-state index is 13.8. The molecule has 0 radical (unpaired) electrons. The molecule has 194 valence electrons. The largest absolute Gasteiger partial charge is 0.381 e. The van der Waals surface area contributed by atoms with Crippen molar-refractivity contribution in [2.45, 2.75) is 52.2 Å². The van der Waals surface area contributed by atoms with Gasteiger partial charge < -0.3 is 19.9 Å². The molecule has 2 aliphatic heterocycles. The van der Waals surface area contributed by atoms with E-state index in [1.165, 1.54) is 16.7 Å². The van der Waals surface area contributed by atoms with Gasteiger partial charge in [0, 0.05) is 56.2 Å². The molecular weight excluding hydrogens is 466 g/mol. The number of ether oxygens (including phenoxy) is 1. The normalized spacial score (nSPS) is 15.8. The quantitative estimate of drug-likeness (QED) is 0.492. The summed E-state index contributed by atoms with van der Waals surface area (Å²) in [7, 11) is 4.11. The van der Waals surface area contributed by atoms with Crippen molar-refractivity contribution >= 4 is 18.0 Å². The average molecular weight is 502 g/mol. The van der Waals surface area contributed by atoms with Gasteiger partial charge in [0.25, 0.3) is 5.91 Å². The van der Waals surface area contributed by atoms with Crippen LogP contribution in [0.2, 0.25) is 0 Å². The summed E-state index contributed by atoms with van der Waals surface area (Å²) in [5, 5.41) is 2.85. The van der Waals surface area contributed by atoms with Crippen molar-refractivity contribution in [3.63, 3.8) is 0 Å². The predicted octanol–water partition coefficient (Wildman–Crippen LogP) is 4.17. The van der Waals surface area contributed by atoms with E-state index in [-0.39, 0.29) is 11.8 Å². The van der Waals surface area contributed by atoms with E-state index >= 15 is 0 Å². The second-order valence-electron chi connectivity index (χ2n) is 10.4. The first kappa shape index (κ1) is 25.2. The number of hydrogen-bond acceptors (Lipinski definition) is 5. The monoisotopic (exact) mass is 501 g/mol. The molecule has 1 aromatic heterocycles. The number of nitrogens with zero attached hydrogens (tertiary/aromatic N) is 4. The Balaban J connectivity index is 1.49. The molecule has 0 unspecified atom stereocenters. The Morgan fingerprint density at radius 2 is 1.97 bits per heavy atom. The first-order valence-electron chi connectivity index (χ1n) is 12.9. The standard InChI is InChI=1S/C29H35N5O3/c1-19-12-27(34-20(2)14-30-28(34)21-8-10-37-11-9-21)26(31-18-35)13-24(19)29(36)33-16-23-7-5-6-22(15-32(3)4)25(23)17-33/h5-7,12-14,18,21H,8-11,15-17H2,1-4H3,(H,31,35). The van der Waals surface area contributed by atoms with E-state index in [1.54, 1.807) is 0 Å². The van der Waals surface area contributed by atoms with Crippen LogP contribution in [0.5, 0.6) is 0 Å². The molecule has 0 saturated carbocycles. The Labute approximate surface area is 218 Å². The lowest BCUT2D eigenvalue weighted by Gasteiger charge is -2.25. The lowest BCUT2D eigenvalue weighted by Crippen LogP contribution is -2.26. The van der Waals surface area contributed by atoms with Crippen LogP contribution in [-0.4, -0.2) is 59.0 Å². The highest BCUT2D eigenvalue weighted by Gasteiger charge is 2.29. The van der Waals surface area contributed by atoms with Gasteiger partial charge in [-0.05, 0) is 75.2 Å². The highest BCUT2D eigenvalue weighted by molar-refractivity contribution is 5.98. The van der Waals surface area contributed by atoms with E-state index in [0.29, 0.717) is 30.8 Å². The Bertz CT molecular complexity index is 1320. The first-order valence-corrected chi connectivity index (χ1v) is 12.9. The highest BCUT2D eigenvalue weighted by Crippen LogP contribution is 2.34. The molecule has 1 saturated heterocycles. The fraction of sp³-hybridized carbons (Fsp3) is 0.414. The zero-order chi connectivity index (χ0) is 26.1. The number of carbonyl (C=O) groups excluding carboxylic acids is 2. The van der Waals surface area contributed by atoms with Crippen molar-refractivity contribution in [2.75, 3.05) is 32.6 Å². The number of carbonyl (C=O) groups is 2. The number of benzene rings is 2. The topological polar surface area (TPSA) is 79.7 Å². The second kappa shape index (κ2) is 10.5. The molecule has 1 N–H and O–H groups in total. The van der Waals surface area contributed by atoms with E-state index in [1.807, 2.05) is 37.1 Å². The molecule has 3 heterocycles. The molecule has 2 amide bonds. The van der Waals surface area contributed by atoms with Gasteiger partial charge in [-0.15, -0.1) is 0 Å². The summed E-state index contributed by atoms with van der Waals surface area (Å²) in [5.74, 6) is 1.22. The molecule has 0 spiro atoms. The number of aryl methyl sites for hydroxylation is 2. The second-order valence-corrected chi connectivity index (χ2v) is 10.4. The summed E-state index contributed by atoms with van der Waals surface area (Å²) < 4.78 is 7.67. The van der Waals surface area contributed by atoms with Gasteiger partial charge in [-0.1, -0.05) is 18.2 Å². The smallest absolute Gasteiger partial charge is 0.254 e. The van der Waals surface area contributed by atoms with Gasteiger partial charge in [0.05, 0.1) is 11.4 Å². The Morgan fingerprint density at radius 1 is 1.19 bits per heavy atom. The number of nitrogens with one attached hydrogen (secondary N) is 1. The summed E-state index contributed by atoms with van der Waals surface area (Å²) in [5.41, 5.74) is 7.57. The Kier molecular flexibility index (Phi) is 7.13. The Hall–Kier alpha value is -3.49. The third kappa shape index (κ3) is 4.91. The summed E-state index contributed by atoms with van der Waals surface area (Å²) in [6, 6.07) is 10.1. The molecule has 2 aliphatic rings. The minimum absolute atomic E-state index is 0.0305. The van der Waals surface area contributed by atoms with E-state index < -0.39 is 0 Å². The van der Waals surface area contributed by atoms with Crippen molar-refractivity contribution in [3.05, 3.63) is 75.9 Å². The lowest BCUT2D eigenvalue weighted by molar-refractivity contribution is -0.105. The maximum absolute atomic E-state index is 13.8. The minimum Gasteiger partial charge on any atom is -0.381 e. The van der Waals surface area contributed by atoms with Gasteiger partial charge in [0.15, 0.2) is 0 Å². The summed E-state index contributed by atoms with van der Waals surface area (Å²) in [6.45, 7) is 7.43. The molecule has 0 aliphatic carbocycles. The van der Waals surface area contributed by atoms with Gasteiger partial charge in [-0.2, -0.15) is 0 Å². The number of fused-ring (bicyclic) bond motifs is 1. The minimum atomic E-state index is -0.0305. The van der Waals surface area contributed by atoms with Gasteiger partial charge >= 0.3 is 0 Å². The van der Waals surface area contributed by atoms with E-state index in [4.69, 9.17) is 9.72 Å². The molecule has 0 atom stereocenters. The molecule has 2 aromatic carbocycles. The van der Waals surface area contributed by atoms with Crippen LogP contribution >= 0.6 is 0 Å². The number of hydrogen-bond donors (Lipinski definition) is 1. The number of aromatic nitrogens is 2. The Morgan fingerprint density at radius 3 is 2.70 bits per heavy atom. The van der Waals surface area contributed by atoms with Crippen molar-refractivity contribution in [3.8, 4) is 5.69 Å². The number of anilines is 1. The van der Waals surface area contributed by atoms with Crippen LogP contribution < -0.4 is 5.32 Å². The van der Waals surface area contributed by atoms with E-state index in [2.05, 4.69) is 47.1 Å². The first-order chi connectivity index (χ1) is 17.9. The third-order valence-electron chi connectivity index (χ3n) is 7.43. The van der Waals surface area contributed by atoms with Crippen LogP contribution in [0.25, 0.3) is 5.69 Å². The zero-order valence-corrected chi connectivity index (χ0v) is 22.1. The molecule has 37 heavy (non-hydrogen) atoms. The van der Waals surface area contributed by atoms with Gasteiger partial charge in [-0.25, -0.2) is 4.98 Å². The number of imidazole rings is 1. The van der Waals surface area contributed by atoms with E-state index in [0.717, 1.165) is 55.4 Å². The average Bonchev–Trinajstić information content (AvgIpc) is 3.49. The lowest BCUT2D eigenvalue weighted by atomic mass is 9.98. The molecule has 3 aromatic rings. The SMILES string of the molecule is Cc1cc(-n2c(C)cnc2C2CCOCC2)c(NC=O)cc1C(=O)N1Cc2cccc(CN(C)C)c2C1. The van der Waals surface area contributed by atoms with Crippen molar-refractivity contribution in [1.82, 2.24) is 19.4 Å². The van der Waals surface area contributed by atoms with Gasteiger partial charge in [0.1, 0.15) is 5.82 Å². The third-order valence-corrected chi connectivity index (χ3v) is 7.43. The zero-order valence-electron chi connectivity index (χ0n) is 22.1. The molecule has 8 nitrogen and oxygen atoms in total. The van der Waals surface area contributed by atoms with Gasteiger partial charge in [0.2, 0.25) is 6.41 Å². The highest BCUT2D eigenvalue weighted by atomic mass is 16.5. The molecular formula is C29H35N5O3. The summed E-state index contributed by atoms with van der Waals surface area (Å²) in [6.07, 6.45) is 4.36. The van der Waals surface area contributed by atoms with Crippen LogP contribution in [0.1, 0.15) is 62.9 Å². The maximum Gasteiger partial charge on any atom is 0.254 e. The summed E-state index contributed by atoms with van der Waals surface area (Å²) >= 11 is 0. The van der Waals surface area contributed by atoms with Crippen LogP contribution in [-0.2, 0) is 29.2 Å². The summed E-state index contributed by atoms with van der Waals surface area (Å²) in [4.78, 5) is 34.2. The number of rotatable bonds is 7. The van der Waals surface area contributed by atoms with E-state index in [9.17, 15) is 9.59 Å². The number of amides is 2. The van der Waals surface area contributed by atoms with Crippen LogP contribution in [0.15, 0.2) is 36.5 Å². The van der Waals surface area contributed by atoms with Crippen LogP contribution in [0.3, 0.4) is 0 Å². The molecule has 5 rings (SSSR count). The molecule has 8 heteroatoms. The van der Waals surface area contributed by atoms with Crippen LogP contribution in [0, 0.1) is 13.8 Å². The molecule has 1 fully saturated rings.